The maximum absolute atomic E-state index is 12.5. The van der Waals surface area contributed by atoms with E-state index in [1.807, 2.05) is 20.8 Å². The average Bonchev–Trinajstić information content (AvgIpc) is 2.35. The summed E-state index contributed by atoms with van der Waals surface area (Å²) in [5.41, 5.74) is -0.713. The smallest absolute Gasteiger partial charge is 0.312 e. The quantitative estimate of drug-likeness (QED) is 0.618. The molecule has 2 atom stereocenters. The van der Waals surface area contributed by atoms with Gasteiger partial charge in [-0.3, -0.25) is 4.79 Å². The van der Waals surface area contributed by atoms with E-state index in [4.69, 9.17) is 4.74 Å². The first-order chi connectivity index (χ1) is 9.54. The molecule has 0 aromatic heterocycles. The maximum Gasteiger partial charge on any atom is 0.312 e. The Kier molecular flexibility index (Phi) is 5.91. The molecule has 2 nitrogen and oxygen atoms in total. The molecule has 1 saturated carbocycles. The topological polar surface area (TPSA) is 26.3 Å². The molecular weight excluding hydrogens is 260 g/mol. The number of carbonyl (C=O) groups excluding carboxylic acids is 1. The molecule has 1 fully saturated rings. The molecule has 0 aliphatic heterocycles. The van der Waals surface area contributed by atoms with Gasteiger partial charge in [-0.2, -0.15) is 0 Å². The lowest BCUT2D eigenvalue weighted by Crippen LogP contribution is -2.48. The number of hydrogen-bond donors (Lipinski definition) is 0. The Morgan fingerprint density at radius 2 is 1.81 bits per heavy atom. The summed E-state index contributed by atoms with van der Waals surface area (Å²) in [6.45, 7) is 14.9. The maximum atomic E-state index is 12.5. The number of rotatable bonds is 4. The highest BCUT2D eigenvalue weighted by Gasteiger charge is 2.46. The van der Waals surface area contributed by atoms with Crippen LogP contribution >= 0.6 is 0 Å². The minimum Gasteiger partial charge on any atom is -0.459 e. The lowest BCUT2D eigenvalue weighted by atomic mass is 9.65. The normalized spacial score (nSPS) is 28.6. The van der Waals surface area contributed by atoms with Gasteiger partial charge in [-0.1, -0.05) is 46.5 Å². The van der Waals surface area contributed by atoms with Crippen LogP contribution in [0.15, 0.2) is 0 Å². The standard InChI is InChI=1S/C19H36O2/c1-8-17(3,4)16(20)21-18(5,6)19(7)13-11-9-10-12-15(2)14-19/h15H,8-14H2,1-7H3/t15-,19?/m0/s1. The van der Waals surface area contributed by atoms with Crippen molar-refractivity contribution in [2.45, 2.75) is 99.0 Å². The number of esters is 1. The third-order valence-corrected chi connectivity index (χ3v) is 5.96. The van der Waals surface area contributed by atoms with Crippen molar-refractivity contribution in [3.05, 3.63) is 0 Å². The lowest BCUT2D eigenvalue weighted by molar-refractivity contribution is -0.183. The molecule has 0 heterocycles. The third kappa shape index (κ3) is 4.47. The van der Waals surface area contributed by atoms with Gasteiger partial charge < -0.3 is 4.74 Å². The molecule has 21 heavy (non-hydrogen) atoms. The van der Waals surface area contributed by atoms with E-state index in [0.717, 1.165) is 19.3 Å². The van der Waals surface area contributed by atoms with Crippen LogP contribution in [0.2, 0.25) is 0 Å². The van der Waals surface area contributed by atoms with Gasteiger partial charge in [-0.05, 0) is 52.9 Å². The highest BCUT2D eigenvalue weighted by molar-refractivity contribution is 5.76. The molecular formula is C19H36O2. The first kappa shape index (κ1) is 18.5. The molecule has 0 N–H and O–H groups in total. The summed E-state index contributed by atoms with van der Waals surface area (Å²) in [6.07, 6.45) is 8.34. The summed E-state index contributed by atoms with van der Waals surface area (Å²) < 4.78 is 6.04. The highest BCUT2D eigenvalue weighted by Crippen LogP contribution is 2.47. The van der Waals surface area contributed by atoms with Crippen LogP contribution in [0, 0.1) is 16.7 Å². The van der Waals surface area contributed by atoms with E-state index in [1.165, 1.54) is 25.7 Å². The van der Waals surface area contributed by atoms with Crippen molar-refractivity contribution in [1.29, 1.82) is 0 Å². The van der Waals surface area contributed by atoms with Crippen LogP contribution < -0.4 is 0 Å². The van der Waals surface area contributed by atoms with Crippen LogP contribution in [-0.2, 0) is 9.53 Å². The Balaban J connectivity index is 2.89. The van der Waals surface area contributed by atoms with Crippen molar-refractivity contribution in [2.75, 3.05) is 0 Å². The van der Waals surface area contributed by atoms with Crippen molar-refractivity contribution in [2.24, 2.45) is 16.7 Å². The summed E-state index contributed by atoms with van der Waals surface area (Å²) in [6, 6.07) is 0. The van der Waals surface area contributed by atoms with Crippen LogP contribution in [0.25, 0.3) is 0 Å². The Bertz CT molecular complexity index is 357. The molecule has 0 saturated heterocycles. The zero-order valence-corrected chi connectivity index (χ0v) is 15.3. The monoisotopic (exact) mass is 296 g/mol. The largest absolute Gasteiger partial charge is 0.459 e. The van der Waals surface area contributed by atoms with E-state index in [1.54, 1.807) is 0 Å². The summed E-state index contributed by atoms with van der Waals surface area (Å²) in [4.78, 5) is 12.5. The minimum absolute atomic E-state index is 0.0501. The summed E-state index contributed by atoms with van der Waals surface area (Å²) in [5, 5.41) is 0. The first-order valence-corrected chi connectivity index (χ1v) is 8.77. The zero-order valence-electron chi connectivity index (χ0n) is 15.3. The second-order valence-corrected chi connectivity index (χ2v) is 8.61. The molecule has 124 valence electrons. The zero-order chi connectivity index (χ0) is 16.3. The predicted molar refractivity (Wildman–Crippen MR) is 89.2 cm³/mol. The van der Waals surface area contributed by atoms with Gasteiger partial charge in [-0.25, -0.2) is 0 Å². The van der Waals surface area contributed by atoms with Gasteiger partial charge in [0, 0.05) is 5.41 Å². The molecule has 0 spiro atoms. The lowest BCUT2D eigenvalue weighted by Gasteiger charge is -2.47. The Labute approximate surface area is 132 Å². The van der Waals surface area contributed by atoms with Crippen molar-refractivity contribution in [1.82, 2.24) is 0 Å². The molecule has 0 aromatic carbocycles. The predicted octanol–water partition coefficient (Wildman–Crippen LogP) is 5.74. The Hall–Kier alpha value is -0.530. The first-order valence-electron chi connectivity index (χ1n) is 8.77. The second-order valence-electron chi connectivity index (χ2n) is 8.61. The number of ether oxygens (including phenoxy) is 1. The van der Waals surface area contributed by atoms with Gasteiger partial charge in [0.05, 0.1) is 5.41 Å². The van der Waals surface area contributed by atoms with Crippen LogP contribution in [0.4, 0.5) is 0 Å². The molecule has 1 rings (SSSR count). The fourth-order valence-corrected chi connectivity index (χ4v) is 3.34. The SMILES string of the molecule is CCC(C)(C)C(=O)OC(C)(C)C1(C)CCCCC[C@H](C)C1. The summed E-state index contributed by atoms with van der Waals surface area (Å²) >= 11 is 0. The van der Waals surface area contributed by atoms with Crippen LogP contribution in [0.5, 0.6) is 0 Å². The van der Waals surface area contributed by atoms with Crippen LogP contribution in [0.3, 0.4) is 0 Å². The fourth-order valence-electron chi connectivity index (χ4n) is 3.34. The van der Waals surface area contributed by atoms with Crippen molar-refractivity contribution in [3.63, 3.8) is 0 Å². The van der Waals surface area contributed by atoms with Gasteiger partial charge in [0.1, 0.15) is 5.60 Å². The number of hydrogen-bond acceptors (Lipinski definition) is 2. The Morgan fingerprint density at radius 3 is 2.38 bits per heavy atom. The molecule has 0 radical (unpaired) electrons. The molecule has 2 heteroatoms. The molecule has 1 aliphatic rings. The van der Waals surface area contributed by atoms with Gasteiger partial charge in [-0.15, -0.1) is 0 Å². The molecule has 0 bridgehead atoms. The van der Waals surface area contributed by atoms with E-state index >= 15 is 0 Å². The van der Waals surface area contributed by atoms with Crippen molar-refractivity contribution < 1.29 is 9.53 Å². The van der Waals surface area contributed by atoms with Crippen molar-refractivity contribution in [3.8, 4) is 0 Å². The van der Waals surface area contributed by atoms with Gasteiger partial charge in [0.25, 0.3) is 0 Å². The second kappa shape index (κ2) is 6.71. The molecule has 0 aromatic rings. The van der Waals surface area contributed by atoms with E-state index in [9.17, 15) is 4.79 Å². The van der Waals surface area contributed by atoms with E-state index < -0.39 is 5.60 Å². The van der Waals surface area contributed by atoms with E-state index in [-0.39, 0.29) is 16.8 Å². The van der Waals surface area contributed by atoms with Crippen molar-refractivity contribution >= 4 is 5.97 Å². The minimum atomic E-state index is -0.401. The van der Waals surface area contributed by atoms with Gasteiger partial charge in [0.15, 0.2) is 0 Å². The third-order valence-electron chi connectivity index (χ3n) is 5.96. The van der Waals surface area contributed by atoms with Crippen LogP contribution in [-0.4, -0.2) is 11.6 Å². The summed E-state index contributed by atoms with van der Waals surface area (Å²) in [7, 11) is 0. The van der Waals surface area contributed by atoms with E-state index in [2.05, 4.69) is 27.7 Å². The molecule has 1 unspecified atom stereocenters. The van der Waals surface area contributed by atoms with Gasteiger partial charge >= 0.3 is 5.97 Å². The summed E-state index contributed by atoms with van der Waals surface area (Å²) in [5.74, 6) is 0.665. The average molecular weight is 296 g/mol. The molecule has 0 amide bonds. The fraction of sp³-hybridized carbons (Fsp3) is 0.947. The number of carbonyl (C=O) groups is 1. The molecule has 1 aliphatic carbocycles. The highest BCUT2D eigenvalue weighted by atomic mass is 16.6. The van der Waals surface area contributed by atoms with Gasteiger partial charge in [0.2, 0.25) is 0 Å². The Morgan fingerprint density at radius 1 is 1.19 bits per heavy atom. The van der Waals surface area contributed by atoms with Crippen LogP contribution in [0.1, 0.15) is 93.4 Å². The van der Waals surface area contributed by atoms with E-state index in [0.29, 0.717) is 5.92 Å².